The molecule has 0 saturated heterocycles. The molecule has 0 unspecified atom stereocenters. The summed E-state index contributed by atoms with van der Waals surface area (Å²) in [5, 5.41) is 5.84. The summed E-state index contributed by atoms with van der Waals surface area (Å²) in [6.07, 6.45) is 1.26. The van der Waals surface area contributed by atoms with Crippen molar-refractivity contribution in [3.8, 4) is 0 Å². The van der Waals surface area contributed by atoms with Crippen molar-refractivity contribution in [3.05, 3.63) is 95.1 Å². The third-order valence-electron chi connectivity index (χ3n) is 5.89. The Morgan fingerprint density at radius 2 is 1.68 bits per heavy atom. The molecule has 0 radical (unpaired) electrons. The molecule has 5 nitrogen and oxygen atoms in total. The van der Waals surface area contributed by atoms with E-state index in [0.29, 0.717) is 13.0 Å². The maximum Gasteiger partial charge on any atom is 0.319 e. The van der Waals surface area contributed by atoms with E-state index in [2.05, 4.69) is 16.7 Å². The average Bonchev–Trinajstić information content (AvgIpc) is 3.21. The summed E-state index contributed by atoms with van der Waals surface area (Å²) in [6.45, 7) is 4.60. The first-order valence-corrected chi connectivity index (χ1v) is 10.6. The van der Waals surface area contributed by atoms with E-state index in [-0.39, 0.29) is 11.9 Å². The maximum atomic E-state index is 13.5. The van der Waals surface area contributed by atoms with Gasteiger partial charge in [0.05, 0.1) is 0 Å². The Balaban J connectivity index is 1.55. The molecule has 0 spiro atoms. The summed E-state index contributed by atoms with van der Waals surface area (Å²) in [7, 11) is 0. The molecule has 0 aliphatic carbocycles. The molecule has 1 atom stereocenters. The second kappa shape index (κ2) is 9.04. The van der Waals surface area contributed by atoms with Gasteiger partial charge in [0.25, 0.3) is 0 Å². The third kappa shape index (κ3) is 4.61. The third-order valence-corrected chi connectivity index (χ3v) is 5.89. The summed E-state index contributed by atoms with van der Waals surface area (Å²) in [6, 6.07) is 22.5. The quantitative estimate of drug-likeness (QED) is 0.641. The van der Waals surface area contributed by atoms with Crippen molar-refractivity contribution in [2.24, 2.45) is 0 Å². The summed E-state index contributed by atoms with van der Waals surface area (Å²) in [5.41, 5.74) is 5.95. The minimum atomic E-state index is -0.668. The number of hydrogen-bond donors (Lipinski definition) is 2. The fourth-order valence-electron chi connectivity index (χ4n) is 4.01. The Bertz CT molecular complexity index is 1090. The van der Waals surface area contributed by atoms with Crippen LogP contribution in [0.1, 0.15) is 22.3 Å². The molecule has 3 amide bonds. The zero-order chi connectivity index (χ0) is 21.8. The number of anilines is 2. The van der Waals surface area contributed by atoms with Crippen molar-refractivity contribution in [2.45, 2.75) is 32.7 Å². The minimum Gasteiger partial charge on any atom is -0.326 e. The summed E-state index contributed by atoms with van der Waals surface area (Å²) in [5.74, 6) is -0.0927. The van der Waals surface area contributed by atoms with Gasteiger partial charge in [-0.25, -0.2) is 4.79 Å². The van der Waals surface area contributed by atoms with Gasteiger partial charge in [0.2, 0.25) is 5.91 Å². The normalized spacial score (nSPS) is 13.4. The lowest BCUT2D eigenvalue weighted by Crippen LogP contribution is -2.50. The van der Waals surface area contributed by atoms with Gasteiger partial charge < -0.3 is 15.5 Å². The number of hydrogen-bond acceptors (Lipinski definition) is 2. The summed E-state index contributed by atoms with van der Waals surface area (Å²) >= 11 is 0. The predicted octanol–water partition coefficient (Wildman–Crippen LogP) is 4.63. The standard InChI is InChI=1S/C26H27N3O2/c1-18-9-8-13-22(19(18)2)27-26(31)28-23(17-20-10-4-3-5-11-20)25(30)29-16-15-21-12-6-7-14-24(21)29/h3-14,23H,15-17H2,1-2H3,(H2,27,28,31)/t23-/m0/s1. The van der Waals surface area contributed by atoms with Crippen LogP contribution >= 0.6 is 0 Å². The zero-order valence-corrected chi connectivity index (χ0v) is 17.9. The van der Waals surface area contributed by atoms with E-state index >= 15 is 0 Å². The van der Waals surface area contributed by atoms with Crippen LogP contribution in [0.2, 0.25) is 0 Å². The molecule has 2 N–H and O–H groups in total. The van der Waals surface area contributed by atoms with E-state index in [1.807, 2.05) is 80.6 Å². The first kappa shape index (κ1) is 20.7. The Morgan fingerprint density at radius 1 is 0.935 bits per heavy atom. The molecule has 0 saturated carbocycles. The molecular formula is C26H27N3O2. The van der Waals surface area contributed by atoms with Crippen LogP contribution < -0.4 is 15.5 Å². The lowest BCUT2D eigenvalue weighted by Gasteiger charge is -2.25. The van der Waals surface area contributed by atoms with Crippen molar-refractivity contribution in [1.82, 2.24) is 5.32 Å². The van der Waals surface area contributed by atoms with Gasteiger partial charge in [0.15, 0.2) is 0 Å². The number of aryl methyl sites for hydroxylation is 1. The van der Waals surface area contributed by atoms with Gasteiger partial charge >= 0.3 is 6.03 Å². The molecule has 1 aliphatic heterocycles. The van der Waals surface area contributed by atoms with Crippen molar-refractivity contribution in [1.29, 1.82) is 0 Å². The van der Waals surface area contributed by atoms with Gasteiger partial charge in [0.1, 0.15) is 6.04 Å². The summed E-state index contributed by atoms with van der Waals surface area (Å²) in [4.78, 5) is 28.1. The second-order valence-corrected chi connectivity index (χ2v) is 7.96. The molecule has 1 aliphatic rings. The number of fused-ring (bicyclic) bond motifs is 1. The Hall–Kier alpha value is -3.60. The Labute approximate surface area is 183 Å². The predicted molar refractivity (Wildman–Crippen MR) is 125 cm³/mol. The molecule has 0 fully saturated rings. The molecule has 4 rings (SSSR count). The Morgan fingerprint density at radius 3 is 2.48 bits per heavy atom. The first-order chi connectivity index (χ1) is 15.0. The van der Waals surface area contributed by atoms with Gasteiger partial charge in [-0.15, -0.1) is 0 Å². The lowest BCUT2D eigenvalue weighted by molar-refractivity contribution is -0.120. The number of nitrogens with one attached hydrogen (secondary N) is 2. The van der Waals surface area contributed by atoms with Crippen LogP contribution in [0.15, 0.2) is 72.8 Å². The van der Waals surface area contributed by atoms with Crippen LogP contribution in [0, 0.1) is 13.8 Å². The monoisotopic (exact) mass is 413 g/mol. The van der Waals surface area contributed by atoms with E-state index in [9.17, 15) is 9.59 Å². The van der Waals surface area contributed by atoms with E-state index < -0.39 is 6.04 Å². The fourth-order valence-corrected chi connectivity index (χ4v) is 4.01. The minimum absolute atomic E-state index is 0.0927. The van der Waals surface area contributed by atoms with Crippen LogP contribution in [0.25, 0.3) is 0 Å². The fraction of sp³-hybridized carbons (Fsp3) is 0.231. The molecule has 3 aromatic rings. The number of benzene rings is 3. The first-order valence-electron chi connectivity index (χ1n) is 10.6. The number of carbonyl (C=O) groups is 2. The molecule has 3 aromatic carbocycles. The van der Waals surface area contributed by atoms with Crippen LogP contribution in [0.3, 0.4) is 0 Å². The van der Waals surface area contributed by atoms with Crippen molar-refractivity contribution >= 4 is 23.3 Å². The molecule has 31 heavy (non-hydrogen) atoms. The van der Waals surface area contributed by atoms with Gasteiger partial charge in [0, 0.05) is 24.3 Å². The van der Waals surface area contributed by atoms with Crippen LogP contribution in [-0.2, 0) is 17.6 Å². The van der Waals surface area contributed by atoms with Gasteiger partial charge in [-0.2, -0.15) is 0 Å². The van der Waals surface area contributed by atoms with E-state index in [1.54, 1.807) is 4.90 Å². The zero-order valence-electron chi connectivity index (χ0n) is 17.9. The maximum absolute atomic E-state index is 13.5. The van der Waals surface area contributed by atoms with Crippen LogP contribution in [-0.4, -0.2) is 24.5 Å². The second-order valence-electron chi connectivity index (χ2n) is 7.96. The number of amides is 3. The van der Waals surface area contributed by atoms with Crippen molar-refractivity contribution in [2.75, 3.05) is 16.8 Å². The average molecular weight is 414 g/mol. The molecule has 1 heterocycles. The highest BCUT2D eigenvalue weighted by Crippen LogP contribution is 2.28. The lowest BCUT2D eigenvalue weighted by atomic mass is 10.0. The highest BCUT2D eigenvalue weighted by molar-refractivity contribution is 6.02. The Kier molecular flexibility index (Phi) is 6.03. The number of carbonyl (C=O) groups excluding carboxylic acids is 2. The highest BCUT2D eigenvalue weighted by atomic mass is 16.2. The van der Waals surface area contributed by atoms with Crippen molar-refractivity contribution < 1.29 is 9.59 Å². The number of nitrogens with zero attached hydrogens (tertiary/aromatic N) is 1. The number of rotatable bonds is 5. The molecule has 0 aromatic heterocycles. The summed E-state index contributed by atoms with van der Waals surface area (Å²) < 4.78 is 0. The van der Waals surface area contributed by atoms with Crippen molar-refractivity contribution in [3.63, 3.8) is 0 Å². The van der Waals surface area contributed by atoms with Gasteiger partial charge in [-0.1, -0.05) is 60.7 Å². The van der Waals surface area contributed by atoms with Crippen LogP contribution in [0.5, 0.6) is 0 Å². The molecule has 158 valence electrons. The number of para-hydroxylation sites is 1. The van der Waals surface area contributed by atoms with E-state index in [0.717, 1.165) is 40.0 Å². The smallest absolute Gasteiger partial charge is 0.319 e. The highest BCUT2D eigenvalue weighted by Gasteiger charge is 2.31. The number of urea groups is 1. The van der Waals surface area contributed by atoms with Gasteiger partial charge in [-0.05, 0) is 54.7 Å². The van der Waals surface area contributed by atoms with E-state index in [4.69, 9.17) is 0 Å². The topological polar surface area (TPSA) is 61.4 Å². The van der Waals surface area contributed by atoms with Crippen LogP contribution in [0.4, 0.5) is 16.2 Å². The molecule has 0 bridgehead atoms. The largest absolute Gasteiger partial charge is 0.326 e. The van der Waals surface area contributed by atoms with Gasteiger partial charge in [-0.3, -0.25) is 4.79 Å². The molecular weight excluding hydrogens is 386 g/mol. The van der Waals surface area contributed by atoms with E-state index in [1.165, 1.54) is 0 Å². The molecule has 5 heteroatoms. The SMILES string of the molecule is Cc1cccc(NC(=O)N[C@@H](Cc2ccccc2)C(=O)N2CCc3ccccc32)c1C.